The second-order valence-corrected chi connectivity index (χ2v) is 7.28. The van der Waals surface area contributed by atoms with E-state index in [-0.39, 0.29) is 11.5 Å². The molecule has 1 aromatic heterocycles. The quantitative estimate of drug-likeness (QED) is 0.316. The minimum absolute atomic E-state index is 0.0911. The first kappa shape index (κ1) is 18.3. The van der Waals surface area contributed by atoms with E-state index in [4.69, 9.17) is 15.9 Å². The fourth-order valence-electron chi connectivity index (χ4n) is 3.87. The van der Waals surface area contributed by atoms with Crippen molar-refractivity contribution < 1.29 is 19.1 Å². The van der Waals surface area contributed by atoms with Crippen LogP contribution in [-0.2, 0) is 10.2 Å². The lowest BCUT2D eigenvalue weighted by Crippen LogP contribution is -2.30. The monoisotopic (exact) mass is 384 g/mol. The number of fused-ring (bicyclic) bond motifs is 4. The Bertz CT molecular complexity index is 1300. The van der Waals surface area contributed by atoms with Gasteiger partial charge in [0.15, 0.2) is 17.3 Å². The first-order valence-corrected chi connectivity index (χ1v) is 8.83. The van der Waals surface area contributed by atoms with Gasteiger partial charge in [0.1, 0.15) is 0 Å². The largest absolute Gasteiger partial charge is 0.493 e. The van der Waals surface area contributed by atoms with E-state index >= 15 is 0 Å². The van der Waals surface area contributed by atoms with E-state index in [0.29, 0.717) is 28.0 Å². The zero-order valence-corrected chi connectivity index (χ0v) is 16.0. The Morgan fingerprint density at radius 2 is 1.97 bits per heavy atom. The van der Waals surface area contributed by atoms with E-state index in [0.717, 1.165) is 16.6 Å². The number of esters is 1. The van der Waals surface area contributed by atoms with Gasteiger partial charge in [-0.15, -0.1) is 6.42 Å². The minimum atomic E-state index is -0.873. The molecule has 0 bridgehead atoms. The number of hydrogen-bond acceptors (Lipinski definition) is 5. The third-order valence-electron chi connectivity index (χ3n) is 5.32. The van der Waals surface area contributed by atoms with Crippen molar-refractivity contribution in [2.75, 3.05) is 7.11 Å². The molecule has 0 radical (unpaired) electrons. The van der Waals surface area contributed by atoms with Crippen LogP contribution in [0.3, 0.4) is 0 Å². The molecule has 6 heteroatoms. The average Bonchev–Trinajstić information content (AvgIpc) is 3.11. The Morgan fingerprint density at radius 3 is 2.62 bits per heavy atom. The number of nitriles is 1. The number of H-pyrrole nitrogens is 1. The first-order valence-electron chi connectivity index (χ1n) is 8.83. The molecule has 1 aliphatic rings. The lowest BCUT2D eigenvalue weighted by molar-refractivity contribution is -0.128. The van der Waals surface area contributed by atoms with Crippen molar-refractivity contribution in [3.63, 3.8) is 0 Å². The standard InChI is InChI=1S/C23H16N2O4/c1-5-19(26)29-18-9-14-15(10-17(18)28-4)23(2,3)22-20(21(14)27)13-7-6-12(11-24)8-16(13)25-22/h1,6-10,25H,2-4H3. The molecule has 3 aromatic rings. The molecule has 142 valence electrons. The summed E-state index contributed by atoms with van der Waals surface area (Å²) in [4.78, 5) is 28.3. The van der Waals surface area contributed by atoms with E-state index in [1.165, 1.54) is 13.2 Å². The molecule has 0 saturated carbocycles. The number of nitrogens with one attached hydrogen (secondary N) is 1. The van der Waals surface area contributed by atoms with E-state index in [9.17, 15) is 14.9 Å². The number of ether oxygens (including phenoxy) is 2. The number of aromatic amines is 1. The summed E-state index contributed by atoms with van der Waals surface area (Å²) in [6.07, 6.45) is 5.10. The molecule has 0 amide bonds. The lowest BCUT2D eigenvalue weighted by Gasteiger charge is -2.32. The summed E-state index contributed by atoms with van der Waals surface area (Å²) in [5, 5.41) is 9.91. The lowest BCUT2D eigenvalue weighted by atomic mass is 9.71. The van der Waals surface area contributed by atoms with Crippen LogP contribution in [0.2, 0.25) is 0 Å². The summed E-state index contributed by atoms with van der Waals surface area (Å²) in [6, 6.07) is 10.5. The highest BCUT2D eigenvalue weighted by molar-refractivity contribution is 6.20. The molecule has 29 heavy (non-hydrogen) atoms. The van der Waals surface area contributed by atoms with Gasteiger partial charge >= 0.3 is 5.97 Å². The fourth-order valence-corrected chi connectivity index (χ4v) is 3.87. The SMILES string of the molecule is C#CC(=O)Oc1cc2c(cc1OC)C(C)(C)c1[nH]c3cc(C#N)ccc3c1C2=O. The predicted octanol–water partition coefficient (Wildman–Crippen LogP) is 3.46. The highest BCUT2D eigenvalue weighted by atomic mass is 16.6. The fraction of sp³-hybridized carbons (Fsp3) is 0.174. The molecule has 2 aromatic carbocycles. The van der Waals surface area contributed by atoms with Gasteiger partial charge in [-0.3, -0.25) is 4.79 Å². The van der Waals surface area contributed by atoms with Crippen molar-refractivity contribution in [3.8, 4) is 29.9 Å². The molecule has 1 aliphatic carbocycles. The van der Waals surface area contributed by atoms with E-state index in [1.54, 1.807) is 24.3 Å². The van der Waals surface area contributed by atoms with Gasteiger partial charge in [-0.05, 0) is 29.8 Å². The molecule has 1 heterocycles. The maximum atomic E-state index is 13.4. The molecular weight excluding hydrogens is 368 g/mol. The van der Waals surface area contributed by atoms with Gasteiger partial charge in [0.05, 0.1) is 24.3 Å². The van der Waals surface area contributed by atoms with Crippen LogP contribution in [0.15, 0.2) is 30.3 Å². The van der Waals surface area contributed by atoms with Gasteiger partial charge < -0.3 is 14.5 Å². The van der Waals surface area contributed by atoms with Crippen LogP contribution in [-0.4, -0.2) is 23.8 Å². The zero-order chi connectivity index (χ0) is 20.9. The van der Waals surface area contributed by atoms with Gasteiger partial charge in [-0.2, -0.15) is 5.26 Å². The molecule has 0 aliphatic heterocycles. The second-order valence-electron chi connectivity index (χ2n) is 7.28. The van der Waals surface area contributed by atoms with Crippen molar-refractivity contribution in [1.82, 2.24) is 4.98 Å². The summed E-state index contributed by atoms with van der Waals surface area (Å²) < 4.78 is 10.5. The minimum Gasteiger partial charge on any atom is -0.493 e. The van der Waals surface area contributed by atoms with Crippen molar-refractivity contribution >= 4 is 22.7 Å². The summed E-state index contributed by atoms with van der Waals surface area (Å²) in [5.41, 5.74) is 3.11. The molecule has 0 atom stereocenters. The Labute approximate surface area is 167 Å². The molecule has 1 N–H and O–H groups in total. The van der Waals surface area contributed by atoms with E-state index < -0.39 is 11.4 Å². The number of hydrogen-bond donors (Lipinski definition) is 1. The summed E-state index contributed by atoms with van der Waals surface area (Å²) >= 11 is 0. The van der Waals surface area contributed by atoms with Gasteiger partial charge in [-0.25, -0.2) is 4.79 Å². The topological polar surface area (TPSA) is 92.2 Å². The van der Waals surface area contributed by atoms with Gasteiger partial charge in [0.25, 0.3) is 0 Å². The van der Waals surface area contributed by atoms with Gasteiger partial charge in [0, 0.05) is 33.5 Å². The normalized spacial score (nSPS) is 13.8. The molecule has 0 saturated heterocycles. The number of aromatic nitrogens is 1. The van der Waals surface area contributed by atoms with Crippen LogP contribution in [0.4, 0.5) is 0 Å². The molecule has 4 rings (SSSR count). The molecule has 0 spiro atoms. The molecule has 0 unspecified atom stereocenters. The number of benzene rings is 2. The maximum absolute atomic E-state index is 13.4. The smallest absolute Gasteiger partial charge is 0.389 e. The van der Waals surface area contributed by atoms with Crippen molar-refractivity contribution in [3.05, 3.63) is 58.3 Å². The second kappa shape index (κ2) is 6.25. The number of carbonyl (C=O) groups excluding carboxylic acids is 2. The molecule has 6 nitrogen and oxygen atoms in total. The highest BCUT2D eigenvalue weighted by Gasteiger charge is 2.40. The third-order valence-corrected chi connectivity index (χ3v) is 5.32. The van der Waals surface area contributed by atoms with Crippen LogP contribution in [0.25, 0.3) is 10.9 Å². The Balaban J connectivity index is 1.99. The van der Waals surface area contributed by atoms with Crippen LogP contribution < -0.4 is 9.47 Å². The predicted molar refractivity (Wildman–Crippen MR) is 106 cm³/mol. The number of carbonyl (C=O) groups is 2. The Hall–Kier alpha value is -4.03. The first-order chi connectivity index (χ1) is 13.8. The zero-order valence-electron chi connectivity index (χ0n) is 16.0. The summed E-state index contributed by atoms with van der Waals surface area (Å²) in [7, 11) is 1.45. The Morgan fingerprint density at radius 1 is 1.21 bits per heavy atom. The number of ketones is 1. The highest BCUT2D eigenvalue weighted by Crippen LogP contribution is 2.46. The number of terminal acetylenes is 1. The number of rotatable bonds is 2. The number of nitrogens with zero attached hydrogens (tertiary/aromatic N) is 1. The molecular formula is C23H16N2O4. The molecule has 0 fully saturated rings. The van der Waals surface area contributed by atoms with E-state index in [1.807, 2.05) is 19.8 Å². The Kier molecular flexibility index (Phi) is 3.95. The van der Waals surface area contributed by atoms with Crippen LogP contribution in [0, 0.1) is 23.7 Å². The van der Waals surface area contributed by atoms with Gasteiger partial charge in [-0.1, -0.05) is 19.9 Å². The number of methoxy groups -OCH3 is 1. The van der Waals surface area contributed by atoms with Crippen molar-refractivity contribution in [2.45, 2.75) is 19.3 Å². The van der Waals surface area contributed by atoms with Crippen LogP contribution in [0.5, 0.6) is 11.5 Å². The van der Waals surface area contributed by atoms with Crippen molar-refractivity contribution in [1.29, 1.82) is 5.26 Å². The third kappa shape index (κ3) is 2.58. The maximum Gasteiger partial charge on any atom is 0.389 e. The van der Waals surface area contributed by atoms with Crippen LogP contribution in [0.1, 0.15) is 46.6 Å². The average molecular weight is 384 g/mol. The van der Waals surface area contributed by atoms with Gasteiger partial charge in [0.2, 0.25) is 0 Å². The summed E-state index contributed by atoms with van der Waals surface area (Å²) in [6.45, 7) is 3.98. The van der Waals surface area contributed by atoms with E-state index in [2.05, 4.69) is 11.1 Å². The van der Waals surface area contributed by atoms with Crippen LogP contribution >= 0.6 is 0 Å². The van der Waals surface area contributed by atoms with Crippen molar-refractivity contribution in [2.24, 2.45) is 0 Å². The summed E-state index contributed by atoms with van der Waals surface area (Å²) in [5.74, 6) is 1.21.